The first-order valence-corrected chi connectivity index (χ1v) is 14.4. The number of aliphatic hydroxyl groups is 1. The van der Waals surface area contributed by atoms with Gasteiger partial charge in [-0.25, -0.2) is 0 Å². The Kier molecular flexibility index (Phi) is 3.53. The van der Waals surface area contributed by atoms with Crippen molar-refractivity contribution < 1.29 is 16.0 Å². The van der Waals surface area contributed by atoms with Crippen LogP contribution >= 0.6 is 0 Å². The van der Waals surface area contributed by atoms with E-state index in [-0.39, 0.29) is 12.7 Å². The van der Waals surface area contributed by atoms with Gasteiger partial charge in [0, 0.05) is 0 Å². The van der Waals surface area contributed by atoms with Gasteiger partial charge in [0.2, 0.25) is 0 Å². The zero-order chi connectivity index (χ0) is 14.5. The van der Waals surface area contributed by atoms with Gasteiger partial charge in [-0.1, -0.05) is 0 Å². The van der Waals surface area contributed by atoms with E-state index in [9.17, 15) is 14.7 Å². The van der Waals surface area contributed by atoms with Gasteiger partial charge in [-0.05, 0) is 0 Å². The number of aromatic nitrogens is 2. The van der Waals surface area contributed by atoms with Crippen molar-refractivity contribution in [3.8, 4) is 0 Å². The van der Waals surface area contributed by atoms with E-state index in [0.717, 1.165) is 0 Å². The third-order valence-electron chi connectivity index (χ3n) is 3.43. The molecule has 0 bridgehead atoms. The van der Waals surface area contributed by atoms with Crippen molar-refractivity contribution in [2.45, 2.75) is 34.4 Å². The van der Waals surface area contributed by atoms with Crippen LogP contribution in [-0.2, 0) is 10.9 Å². The number of rotatable bonds is 2. The van der Waals surface area contributed by atoms with E-state index in [1.54, 1.807) is 0 Å². The molecule has 2 N–H and O–H groups in total. The van der Waals surface area contributed by atoms with E-state index in [0.29, 0.717) is 0 Å². The maximum absolute atomic E-state index is 11.9. The van der Waals surface area contributed by atoms with Crippen LogP contribution in [0.3, 0.4) is 0 Å². The third kappa shape index (κ3) is 2.35. The van der Waals surface area contributed by atoms with E-state index in [2.05, 4.69) is 4.98 Å². The fourth-order valence-electron chi connectivity index (χ4n) is 2.66. The van der Waals surface area contributed by atoms with E-state index in [4.69, 9.17) is 10.9 Å². The molecule has 2 aliphatic rings. The van der Waals surface area contributed by atoms with Gasteiger partial charge >= 0.3 is 119 Å². The van der Waals surface area contributed by atoms with Crippen LogP contribution in [-0.4, -0.2) is 58.8 Å². The van der Waals surface area contributed by atoms with Gasteiger partial charge in [-0.2, -0.15) is 0 Å². The number of nitrogens with zero attached hydrogens (tertiary/aromatic N) is 1. The van der Waals surface area contributed by atoms with E-state index < -0.39 is 48.9 Å². The van der Waals surface area contributed by atoms with Gasteiger partial charge in [0.25, 0.3) is 0 Å². The van der Waals surface area contributed by atoms with Crippen LogP contribution in [0.4, 0.5) is 0 Å². The number of ether oxygens (including phenoxy) is 1. The summed E-state index contributed by atoms with van der Waals surface area (Å²) in [4.78, 5) is 29.1. The van der Waals surface area contributed by atoms with E-state index >= 15 is 0 Å². The maximum atomic E-state index is 11.9. The number of aromatic amines is 1. The van der Waals surface area contributed by atoms with Crippen LogP contribution in [0.25, 0.3) is 0 Å². The average Bonchev–Trinajstić information content (AvgIpc) is 2.83. The predicted octanol–water partition coefficient (Wildman–Crippen LogP) is -1.09. The molecule has 2 saturated heterocycles. The molecular weight excluding hydrogens is 375 g/mol. The number of nitrogens with one attached hydrogen (secondary N) is 1. The Bertz CT molecular complexity index is 626. The molecule has 0 spiro atoms. The molecule has 110 valence electrons. The molecule has 1 aromatic rings. The second kappa shape index (κ2) is 4.95. The third-order valence-corrected chi connectivity index (χ3v) is 8.22. The van der Waals surface area contributed by atoms with Crippen molar-refractivity contribution in [3.05, 3.63) is 33.1 Å². The summed E-state index contributed by atoms with van der Waals surface area (Å²) in [7, 11) is 0. The molecule has 3 heterocycles. The summed E-state index contributed by atoms with van der Waals surface area (Å²) >= 11 is -3.03. The second-order valence-electron chi connectivity index (χ2n) is 5.33. The summed E-state index contributed by atoms with van der Waals surface area (Å²) in [5.41, 5.74) is -1.04. The minimum absolute atomic E-state index is 0.207. The summed E-state index contributed by atoms with van der Waals surface area (Å²) in [6.45, 7) is -0.207. The number of H-pyrrole nitrogens is 1. The van der Waals surface area contributed by atoms with Crippen LogP contribution in [0.1, 0.15) is 6.23 Å². The topological polar surface area (TPSA) is 103 Å². The molecule has 2 aliphatic heterocycles. The molecule has 4 atom stereocenters. The summed E-state index contributed by atoms with van der Waals surface area (Å²) in [6.07, 6.45) is -0.647. The SMILES string of the molecule is [CH3][Sn]1([CH3])[O]C2C(CO)OC(n3ccc(=O)[nH]c3=O)C2[O]1. The molecule has 3 rings (SSSR count). The Morgan fingerprint density at radius 1 is 1.35 bits per heavy atom. The number of aliphatic hydroxyl groups excluding tert-OH is 1. The average molecular weight is 391 g/mol. The minimum atomic E-state index is -3.03. The number of hydrogen-bond donors (Lipinski definition) is 2. The first-order chi connectivity index (χ1) is 9.41. The molecule has 0 aromatic carbocycles. The van der Waals surface area contributed by atoms with Crippen molar-refractivity contribution in [3.63, 3.8) is 0 Å². The molecule has 20 heavy (non-hydrogen) atoms. The van der Waals surface area contributed by atoms with Crippen molar-refractivity contribution >= 4 is 19.2 Å². The Balaban J connectivity index is 1.98. The van der Waals surface area contributed by atoms with Gasteiger partial charge in [0.05, 0.1) is 0 Å². The zero-order valence-corrected chi connectivity index (χ0v) is 14.0. The summed E-state index contributed by atoms with van der Waals surface area (Å²) in [5, 5.41) is 9.38. The molecule has 2 fully saturated rings. The number of hydrogen-bond acceptors (Lipinski definition) is 6. The molecule has 0 amide bonds. The van der Waals surface area contributed by atoms with E-state index in [1.165, 1.54) is 16.8 Å². The molecule has 9 heteroatoms. The Morgan fingerprint density at radius 3 is 2.70 bits per heavy atom. The van der Waals surface area contributed by atoms with Gasteiger partial charge in [0.1, 0.15) is 0 Å². The standard InChI is InChI=1S/C9H10N2O6.2CH3.Sn/c12-3-4-6(14)7(15)8(17-4)11-2-1-5(13)10-9(11)16;;;/h1-2,4,6-8,12H,3H2,(H,10,13,16);2*1H3;/q-2;;;+2. The van der Waals surface area contributed by atoms with Crippen LogP contribution in [0.5, 0.6) is 0 Å². The van der Waals surface area contributed by atoms with Crippen LogP contribution in [0, 0.1) is 0 Å². The Labute approximate surface area is 119 Å². The monoisotopic (exact) mass is 392 g/mol. The van der Waals surface area contributed by atoms with Crippen molar-refractivity contribution in [1.82, 2.24) is 9.55 Å². The normalized spacial score (nSPS) is 35.1. The Hall–Kier alpha value is -0.681. The van der Waals surface area contributed by atoms with Crippen LogP contribution in [0.2, 0.25) is 9.88 Å². The number of fused-ring (bicyclic) bond motifs is 1. The summed E-state index contributed by atoms with van der Waals surface area (Å²) in [6, 6.07) is 1.25. The summed E-state index contributed by atoms with van der Waals surface area (Å²) < 4.78 is 18.8. The molecular formula is C11H16N2O6Sn. The van der Waals surface area contributed by atoms with E-state index in [1.807, 2.05) is 9.88 Å². The van der Waals surface area contributed by atoms with Gasteiger partial charge in [0.15, 0.2) is 0 Å². The van der Waals surface area contributed by atoms with Gasteiger partial charge < -0.3 is 0 Å². The fraction of sp³-hybridized carbons (Fsp3) is 0.636. The van der Waals surface area contributed by atoms with Crippen molar-refractivity contribution in [1.29, 1.82) is 0 Å². The molecule has 8 nitrogen and oxygen atoms in total. The van der Waals surface area contributed by atoms with Crippen molar-refractivity contribution in [2.24, 2.45) is 0 Å². The molecule has 0 saturated carbocycles. The van der Waals surface area contributed by atoms with Crippen molar-refractivity contribution in [2.75, 3.05) is 6.61 Å². The van der Waals surface area contributed by atoms with Crippen LogP contribution < -0.4 is 11.2 Å². The molecule has 1 aromatic heterocycles. The zero-order valence-electron chi connectivity index (χ0n) is 11.1. The van der Waals surface area contributed by atoms with Gasteiger partial charge in [-0.15, -0.1) is 0 Å². The molecule has 0 radical (unpaired) electrons. The fourth-order valence-corrected chi connectivity index (χ4v) is 8.09. The Morgan fingerprint density at radius 2 is 2.05 bits per heavy atom. The predicted molar refractivity (Wildman–Crippen MR) is 69.5 cm³/mol. The first kappa shape index (κ1) is 14.3. The first-order valence-electron chi connectivity index (χ1n) is 6.35. The van der Waals surface area contributed by atoms with Gasteiger partial charge in [-0.3, -0.25) is 0 Å². The van der Waals surface area contributed by atoms with Crippen LogP contribution in [0.15, 0.2) is 21.9 Å². The quantitative estimate of drug-likeness (QED) is 0.622. The molecule has 4 unspecified atom stereocenters. The summed E-state index contributed by atoms with van der Waals surface area (Å²) in [5.74, 6) is 0. The molecule has 0 aliphatic carbocycles. The second-order valence-corrected chi connectivity index (χ2v) is 14.7.